The van der Waals surface area contributed by atoms with Crippen molar-refractivity contribution in [2.75, 3.05) is 37.0 Å². The van der Waals surface area contributed by atoms with Gasteiger partial charge >= 0.3 is 0 Å². The number of ether oxygens (including phenoxy) is 2. The van der Waals surface area contributed by atoms with E-state index in [1.165, 1.54) is 0 Å². The van der Waals surface area contributed by atoms with Gasteiger partial charge in [0.1, 0.15) is 0 Å². The third-order valence-electron chi connectivity index (χ3n) is 5.53. The smallest absolute Gasteiger partial charge is 0.230 e. The largest absolute Gasteiger partial charge is 0.356 e. The fraction of sp³-hybridized carbons (Fsp3) is 0.636. The first-order chi connectivity index (χ1) is 15.3. The van der Waals surface area contributed by atoms with Gasteiger partial charge in [0.15, 0.2) is 16.1 Å². The molecule has 10 heteroatoms. The maximum Gasteiger partial charge on any atom is 0.230 e. The number of sulfone groups is 1. The van der Waals surface area contributed by atoms with E-state index in [9.17, 15) is 18.0 Å². The number of amides is 2. The molecule has 0 radical (unpaired) electrons. The van der Waals surface area contributed by atoms with E-state index in [-0.39, 0.29) is 34.8 Å². The lowest BCUT2D eigenvalue weighted by molar-refractivity contribution is -0.139. The maximum absolute atomic E-state index is 13.2. The van der Waals surface area contributed by atoms with E-state index >= 15 is 0 Å². The van der Waals surface area contributed by atoms with E-state index in [0.717, 1.165) is 18.4 Å². The average Bonchev–Trinajstić information content (AvgIpc) is 3.51. The average molecular weight is 531 g/mol. The number of anilines is 1. The molecule has 0 saturated heterocycles. The lowest BCUT2D eigenvalue weighted by Crippen LogP contribution is -2.32. The Balaban J connectivity index is 1.63. The normalized spacial score (nSPS) is 15.8. The van der Waals surface area contributed by atoms with Crippen molar-refractivity contribution < 1.29 is 27.5 Å². The van der Waals surface area contributed by atoms with Gasteiger partial charge in [-0.05, 0) is 50.8 Å². The highest BCUT2D eigenvalue weighted by Gasteiger charge is 2.39. The molecule has 1 heterocycles. The summed E-state index contributed by atoms with van der Waals surface area (Å²) in [6, 6.07) is 3.41. The van der Waals surface area contributed by atoms with Gasteiger partial charge in [0, 0.05) is 49.5 Å². The van der Waals surface area contributed by atoms with Crippen LogP contribution in [0.15, 0.2) is 21.5 Å². The number of benzene rings is 1. The number of nitrogens with one attached hydrogen (secondary N) is 1. The van der Waals surface area contributed by atoms with Crippen molar-refractivity contribution in [3.05, 3.63) is 22.2 Å². The number of hydrogen-bond donors (Lipinski definition) is 1. The number of fused-ring (bicyclic) bond motifs is 1. The van der Waals surface area contributed by atoms with E-state index in [1.54, 1.807) is 11.0 Å². The van der Waals surface area contributed by atoms with Crippen molar-refractivity contribution in [1.82, 2.24) is 5.32 Å². The Hall–Kier alpha value is -1.49. The predicted octanol–water partition coefficient (Wildman–Crippen LogP) is 2.82. The Labute approximate surface area is 198 Å². The molecule has 1 fully saturated rings. The Morgan fingerprint density at radius 1 is 1.22 bits per heavy atom. The van der Waals surface area contributed by atoms with Gasteiger partial charge in [-0.2, -0.15) is 0 Å². The summed E-state index contributed by atoms with van der Waals surface area (Å²) in [5.41, 5.74) is 1.33. The fourth-order valence-electron chi connectivity index (χ4n) is 3.82. The molecule has 1 N–H and O–H groups in total. The highest BCUT2D eigenvalue weighted by Crippen LogP contribution is 2.41. The minimum absolute atomic E-state index is 0.00147. The van der Waals surface area contributed by atoms with Crippen LogP contribution in [0, 0.1) is 5.92 Å². The molecule has 2 aliphatic rings. The molecule has 2 amide bonds. The summed E-state index contributed by atoms with van der Waals surface area (Å²) in [7, 11) is -3.77. The van der Waals surface area contributed by atoms with Crippen molar-refractivity contribution in [1.29, 1.82) is 0 Å². The molecule has 3 rings (SSSR count). The molecule has 178 valence electrons. The summed E-state index contributed by atoms with van der Waals surface area (Å²) < 4.78 is 37.9. The Morgan fingerprint density at radius 2 is 1.91 bits per heavy atom. The molecule has 1 aromatic carbocycles. The molecule has 1 saturated carbocycles. The summed E-state index contributed by atoms with van der Waals surface area (Å²) in [6.07, 6.45) is 2.27. The van der Waals surface area contributed by atoms with Crippen molar-refractivity contribution in [3.63, 3.8) is 0 Å². The molecule has 0 atom stereocenters. The van der Waals surface area contributed by atoms with Gasteiger partial charge in [-0.15, -0.1) is 0 Å². The van der Waals surface area contributed by atoms with Gasteiger partial charge in [-0.3, -0.25) is 9.59 Å². The lowest BCUT2D eigenvalue weighted by atomic mass is 10.2. The van der Waals surface area contributed by atoms with E-state index in [1.807, 2.05) is 19.9 Å². The maximum atomic E-state index is 13.2. The molecular weight excluding hydrogens is 500 g/mol. The van der Waals surface area contributed by atoms with Crippen molar-refractivity contribution >= 4 is 43.3 Å². The minimum Gasteiger partial charge on any atom is -0.356 e. The van der Waals surface area contributed by atoms with Crippen LogP contribution in [0.3, 0.4) is 0 Å². The van der Waals surface area contributed by atoms with E-state index in [0.29, 0.717) is 49.3 Å². The first-order valence-corrected chi connectivity index (χ1v) is 13.6. The first-order valence-electron chi connectivity index (χ1n) is 11.1. The standard InChI is InChI=1S/C22H31BrN2O6S/c1-3-30-20(31-4-2)7-10-24-19(26)9-12-32(28,29)18-14-17(23)13-16-8-11-25(21(16)18)22(27)15-5-6-15/h13-15,20H,3-12H2,1-2H3,(H,24,26). The zero-order chi connectivity index (χ0) is 23.3. The summed E-state index contributed by atoms with van der Waals surface area (Å²) in [6.45, 7) is 5.58. The topological polar surface area (TPSA) is 102 Å². The van der Waals surface area contributed by atoms with Crippen LogP contribution in [0.2, 0.25) is 0 Å². The SMILES string of the molecule is CCOC(CCNC(=O)CCS(=O)(=O)c1cc(Br)cc2c1N(C(=O)C1CC1)CC2)OCC. The van der Waals surface area contributed by atoms with E-state index in [4.69, 9.17) is 9.47 Å². The molecule has 0 bridgehead atoms. The molecule has 32 heavy (non-hydrogen) atoms. The molecule has 0 unspecified atom stereocenters. The monoisotopic (exact) mass is 530 g/mol. The summed E-state index contributed by atoms with van der Waals surface area (Å²) in [4.78, 5) is 26.7. The summed E-state index contributed by atoms with van der Waals surface area (Å²) >= 11 is 3.39. The highest BCUT2D eigenvalue weighted by molar-refractivity contribution is 9.10. The van der Waals surface area contributed by atoms with Crippen LogP contribution in [-0.4, -0.2) is 58.6 Å². The second kappa shape index (κ2) is 11.1. The number of hydrogen-bond acceptors (Lipinski definition) is 6. The Morgan fingerprint density at radius 3 is 2.53 bits per heavy atom. The molecule has 1 aliphatic carbocycles. The fourth-order valence-corrected chi connectivity index (χ4v) is 5.99. The predicted molar refractivity (Wildman–Crippen MR) is 124 cm³/mol. The molecule has 8 nitrogen and oxygen atoms in total. The lowest BCUT2D eigenvalue weighted by Gasteiger charge is -2.21. The summed E-state index contributed by atoms with van der Waals surface area (Å²) in [5.74, 6) is -0.674. The number of rotatable bonds is 12. The van der Waals surface area contributed by atoms with E-state index in [2.05, 4.69) is 21.2 Å². The minimum atomic E-state index is -3.77. The Kier molecular flexibility index (Phi) is 8.71. The van der Waals surface area contributed by atoms with Crippen molar-refractivity contribution in [2.24, 2.45) is 5.92 Å². The third-order valence-corrected chi connectivity index (χ3v) is 7.71. The molecular formula is C22H31BrN2O6S. The molecule has 1 aromatic rings. The quantitative estimate of drug-likeness (QED) is 0.417. The van der Waals surface area contributed by atoms with Crippen LogP contribution in [0.5, 0.6) is 0 Å². The van der Waals surface area contributed by atoms with E-state index < -0.39 is 16.1 Å². The highest BCUT2D eigenvalue weighted by atomic mass is 79.9. The zero-order valence-electron chi connectivity index (χ0n) is 18.6. The first kappa shape index (κ1) is 25.1. The Bertz CT molecular complexity index is 942. The van der Waals surface area contributed by atoms with Gasteiger partial charge in [-0.25, -0.2) is 8.42 Å². The number of carbonyl (C=O) groups excluding carboxylic acids is 2. The second-order valence-electron chi connectivity index (χ2n) is 7.97. The molecule has 1 aliphatic heterocycles. The van der Waals surface area contributed by atoms with Crippen LogP contribution in [0.25, 0.3) is 0 Å². The molecule has 0 spiro atoms. The van der Waals surface area contributed by atoms with Gasteiger partial charge in [0.25, 0.3) is 0 Å². The van der Waals surface area contributed by atoms with Gasteiger partial charge in [-0.1, -0.05) is 15.9 Å². The van der Waals surface area contributed by atoms with Gasteiger partial charge in [0.2, 0.25) is 11.8 Å². The van der Waals surface area contributed by atoms with Crippen LogP contribution < -0.4 is 10.2 Å². The summed E-state index contributed by atoms with van der Waals surface area (Å²) in [5, 5.41) is 2.73. The van der Waals surface area contributed by atoms with Gasteiger partial charge in [0.05, 0.1) is 16.3 Å². The van der Waals surface area contributed by atoms with Crippen LogP contribution in [0.1, 0.15) is 45.1 Å². The van der Waals surface area contributed by atoms with Crippen LogP contribution in [0.4, 0.5) is 5.69 Å². The van der Waals surface area contributed by atoms with Gasteiger partial charge < -0.3 is 19.7 Å². The van der Waals surface area contributed by atoms with Crippen LogP contribution in [-0.2, 0) is 35.3 Å². The number of nitrogens with zero attached hydrogens (tertiary/aromatic N) is 1. The molecule has 0 aromatic heterocycles. The van der Waals surface area contributed by atoms with Crippen LogP contribution >= 0.6 is 15.9 Å². The number of carbonyl (C=O) groups is 2. The van der Waals surface area contributed by atoms with Crippen molar-refractivity contribution in [2.45, 2.75) is 57.1 Å². The number of halogens is 1. The third kappa shape index (κ3) is 6.30. The van der Waals surface area contributed by atoms with Crippen molar-refractivity contribution in [3.8, 4) is 0 Å². The second-order valence-corrected chi connectivity index (χ2v) is 11.0. The zero-order valence-corrected chi connectivity index (χ0v) is 21.0.